The predicted octanol–water partition coefficient (Wildman–Crippen LogP) is -0.263. The van der Waals surface area contributed by atoms with E-state index in [1.807, 2.05) is 0 Å². The van der Waals surface area contributed by atoms with Gasteiger partial charge in [0.05, 0.1) is 5.71 Å². The van der Waals surface area contributed by atoms with Crippen molar-refractivity contribution in [1.82, 2.24) is 0 Å². The summed E-state index contributed by atoms with van der Waals surface area (Å²) in [5, 5.41) is 16.5. The van der Waals surface area contributed by atoms with Gasteiger partial charge in [-0.1, -0.05) is 38.1 Å². The Morgan fingerprint density at radius 1 is 1.16 bits per heavy atom. The van der Waals surface area contributed by atoms with Crippen LogP contribution in [0.3, 0.4) is 0 Å². The van der Waals surface area contributed by atoms with Crippen molar-refractivity contribution in [3.8, 4) is 0 Å². The number of aliphatic hydroxyl groups excluding tert-OH is 1. The molecule has 2 aliphatic rings. The lowest BCUT2D eigenvalue weighted by Crippen LogP contribution is -3.00. The fraction of sp³-hybridized carbons (Fsp3) is 0.650. The maximum atomic E-state index is 10.1. The molecule has 0 amide bonds. The first-order chi connectivity index (χ1) is 11.4. The summed E-state index contributed by atoms with van der Waals surface area (Å²) in [6, 6.07) is 8.56. The molecule has 0 aliphatic heterocycles. The van der Waals surface area contributed by atoms with Gasteiger partial charge in [-0.05, 0) is 48.8 Å². The molecule has 1 aromatic rings. The van der Waals surface area contributed by atoms with E-state index in [0.29, 0.717) is 18.4 Å². The zero-order chi connectivity index (χ0) is 17.2. The molecule has 140 valence electrons. The van der Waals surface area contributed by atoms with E-state index in [0.717, 1.165) is 5.69 Å². The summed E-state index contributed by atoms with van der Waals surface area (Å²) >= 11 is 0. The average molecular weight is 367 g/mol. The van der Waals surface area contributed by atoms with E-state index in [1.54, 1.807) is 0 Å². The predicted molar refractivity (Wildman–Crippen MR) is 96.4 cm³/mol. The summed E-state index contributed by atoms with van der Waals surface area (Å²) in [5.41, 5.74) is 3.89. The van der Waals surface area contributed by atoms with Crippen molar-refractivity contribution < 1.29 is 27.7 Å². The number of quaternary nitrogens is 1. The van der Waals surface area contributed by atoms with Gasteiger partial charge in [-0.2, -0.15) is 0 Å². The number of benzene rings is 1. The normalized spacial score (nSPS) is 18.2. The molecule has 3 rings (SSSR count). The van der Waals surface area contributed by atoms with Gasteiger partial charge in [0.25, 0.3) is 0 Å². The number of hydrogen-bond donors (Lipinski definition) is 2. The van der Waals surface area contributed by atoms with Gasteiger partial charge < -0.3 is 27.7 Å². The highest BCUT2D eigenvalue weighted by Gasteiger charge is 2.38. The second-order valence-electron chi connectivity index (χ2n) is 8.33. The van der Waals surface area contributed by atoms with Crippen LogP contribution in [0.2, 0.25) is 0 Å². The SMILES string of the molecule is CC(C)(C)c1ccc([NH2+]C[C@@H](O)CON=C(C2CC2)C2CC2)cc1.[Cl-]. The van der Waals surface area contributed by atoms with Crippen LogP contribution in [0.5, 0.6) is 0 Å². The Morgan fingerprint density at radius 2 is 1.72 bits per heavy atom. The van der Waals surface area contributed by atoms with Gasteiger partial charge in [-0.3, -0.25) is 0 Å². The van der Waals surface area contributed by atoms with E-state index in [1.165, 1.54) is 37.0 Å². The van der Waals surface area contributed by atoms with Gasteiger partial charge in [0.15, 0.2) is 0 Å². The van der Waals surface area contributed by atoms with Gasteiger partial charge in [-0.25, -0.2) is 0 Å². The van der Waals surface area contributed by atoms with Crippen molar-refractivity contribution in [2.75, 3.05) is 13.2 Å². The van der Waals surface area contributed by atoms with Crippen LogP contribution < -0.4 is 17.7 Å². The summed E-state index contributed by atoms with van der Waals surface area (Å²) < 4.78 is 0. The minimum atomic E-state index is -0.504. The maximum Gasteiger partial charge on any atom is 0.148 e. The maximum absolute atomic E-state index is 10.1. The van der Waals surface area contributed by atoms with E-state index in [9.17, 15) is 5.11 Å². The minimum Gasteiger partial charge on any atom is -1.00 e. The molecule has 1 aromatic carbocycles. The first kappa shape index (κ1) is 20.2. The van der Waals surface area contributed by atoms with E-state index < -0.39 is 6.10 Å². The number of oxime groups is 1. The van der Waals surface area contributed by atoms with Gasteiger partial charge in [0.1, 0.15) is 24.9 Å². The van der Waals surface area contributed by atoms with Crippen molar-refractivity contribution in [2.45, 2.75) is 58.0 Å². The number of halogens is 1. The Kier molecular flexibility index (Phi) is 6.89. The summed E-state index contributed by atoms with van der Waals surface area (Å²) in [6.07, 6.45) is 4.55. The molecule has 5 heteroatoms. The van der Waals surface area contributed by atoms with Crippen LogP contribution in [-0.2, 0) is 10.3 Å². The van der Waals surface area contributed by atoms with Crippen molar-refractivity contribution in [3.63, 3.8) is 0 Å². The Labute approximate surface area is 157 Å². The first-order valence-electron chi connectivity index (χ1n) is 9.25. The van der Waals surface area contributed by atoms with E-state index in [2.05, 4.69) is 55.5 Å². The van der Waals surface area contributed by atoms with Crippen molar-refractivity contribution in [3.05, 3.63) is 29.8 Å². The quantitative estimate of drug-likeness (QED) is 0.378. The highest BCUT2D eigenvalue weighted by Crippen LogP contribution is 2.42. The number of rotatable bonds is 8. The van der Waals surface area contributed by atoms with Gasteiger partial charge >= 0.3 is 0 Å². The van der Waals surface area contributed by atoms with Crippen LogP contribution in [0.15, 0.2) is 29.4 Å². The Balaban J connectivity index is 0.00000225. The number of nitrogens with zero attached hydrogens (tertiary/aromatic N) is 1. The van der Waals surface area contributed by atoms with E-state index >= 15 is 0 Å². The zero-order valence-corrected chi connectivity index (χ0v) is 16.3. The van der Waals surface area contributed by atoms with Gasteiger partial charge in [0.2, 0.25) is 0 Å². The van der Waals surface area contributed by atoms with Crippen LogP contribution in [0.25, 0.3) is 0 Å². The lowest BCUT2D eigenvalue weighted by molar-refractivity contribution is -0.580. The Bertz CT molecular complexity index is 558. The molecular formula is C20H31ClN2O2. The molecule has 1 atom stereocenters. The summed E-state index contributed by atoms with van der Waals surface area (Å²) in [4.78, 5) is 5.43. The molecule has 2 saturated carbocycles. The summed E-state index contributed by atoms with van der Waals surface area (Å²) in [5.74, 6) is 1.34. The minimum absolute atomic E-state index is 0. The van der Waals surface area contributed by atoms with Crippen molar-refractivity contribution in [2.24, 2.45) is 17.0 Å². The lowest BCUT2D eigenvalue weighted by atomic mass is 9.87. The topological polar surface area (TPSA) is 58.4 Å². The smallest absolute Gasteiger partial charge is 0.148 e. The number of hydrogen-bond acceptors (Lipinski definition) is 3. The molecule has 0 spiro atoms. The lowest BCUT2D eigenvalue weighted by Gasteiger charge is -2.18. The zero-order valence-electron chi connectivity index (χ0n) is 15.5. The summed E-state index contributed by atoms with van der Waals surface area (Å²) in [7, 11) is 0. The van der Waals surface area contributed by atoms with Crippen molar-refractivity contribution in [1.29, 1.82) is 0 Å². The third kappa shape index (κ3) is 6.28. The fourth-order valence-corrected chi connectivity index (χ4v) is 2.90. The molecule has 0 heterocycles. The third-order valence-electron chi connectivity index (χ3n) is 4.83. The summed E-state index contributed by atoms with van der Waals surface area (Å²) in [6.45, 7) is 7.51. The second-order valence-corrected chi connectivity index (χ2v) is 8.33. The molecule has 0 radical (unpaired) electrons. The largest absolute Gasteiger partial charge is 1.00 e. The van der Waals surface area contributed by atoms with Crippen molar-refractivity contribution >= 4 is 11.4 Å². The second kappa shape index (κ2) is 8.52. The molecule has 0 bridgehead atoms. The molecular weight excluding hydrogens is 336 g/mol. The monoisotopic (exact) mass is 366 g/mol. The van der Waals surface area contributed by atoms with Gasteiger partial charge in [0, 0.05) is 11.8 Å². The van der Waals surface area contributed by atoms with Crippen LogP contribution in [0, 0.1) is 11.8 Å². The third-order valence-corrected chi connectivity index (χ3v) is 4.83. The number of nitrogens with two attached hydrogens (primary N) is 1. The molecule has 0 unspecified atom stereocenters. The highest BCUT2D eigenvalue weighted by atomic mass is 35.5. The molecule has 4 nitrogen and oxygen atoms in total. The highest BCUT2D eigenvalue weighted by molar-refractivity contribution is 5.92. The molecule has 0 saturated heterocycles. The van der Waals surface area contributed by atoms with Crippen LogP contribution >= 0.6 is 0 Å². The van der Waals surface area contributed by atoms with Gasteiger partial charge in [-0.15, -0.1) is 0 Å². The standard InChI is InChI=1S/C20H30N2O2.ClH/c1-20(2,3)16-8-10-17(11-9-16)21-12-18(23)13-24-22-19(14-4-5-14)15-6-7-15;/h8-11,14-15,18,21,23H,4-7,12-13H2,1-3H3;1H/t18-;/m1./s1. The molecule has 2 aliphatic carbocycles. The van der Waals surface area contributed by atoms with E-state index in [4.69, 9.17) is 4.84 Å². The number of aliphatic hydroxyl groups is 1. The van der Waals surface area contributed by atoms with Crippen LogP contribution in [0.4, 0.5) is 5.69 Å². The fourth-order valence-electron chi connectivity index (χ4n) is 2.90. The first-order valence-corrected chi connectivity index (χ1v) is 9.25. The molecule has 25 heavy (non-hydrogen) atoms. The Hall–Kier alpha value is -1.10. The van der Waals surface area contributed by atoms with Crippen LogP contribution in [0.1, 0.15) is 52.0 Å². The average Bonchev–Trinajstić information content (AvgIpc) is 3.42. The molecule has 3 N–H and O–H groups in total. The molecule has 0 aromatic heterocycles. The molecule has 2 fully saturated rings. The van der Waals surface area contributed by atoms with E-state index in [-0.39, 0.29) is 24.4 Å². The Morgan fingerprint density at radius 3 is 2.20 bits per heavy atom. The van der Waals surface area contributed by atoms with Crippen LogP contribution in [-0.4, -0.2) is 30.1 Å².